The third-order valence-electron chi connectivity index (χ3n) is 2.99. The lowest BCUT2D eigenvalue weighted by molar-refractivity contribution is 0.623. The molecule has 2 heterocycles. The van der Waals surface area contributed by atoms with E-state index in [0.29, 0.717) is 12.2 Å². The summed E-state index contributed by atoms with van der Waals surface area (Å²) < 4.78 is 16.2. The smallest absolute Gasteiger partial charge is 0.177 e. The van der Waals surface area contributed by atoms with Crippen molar-refractivity contribution in [3.63, 3.8) is 0 Å². The van der Waals surface area contributed by atoms with Crippen LogP contribution in [0, 0.1) is 12.7 Å². The Morgan fingerprint density at radius 3 is 2.95 bits per heavy atom. The number of hydrogen-bond acceptors (Lipinski definition) is 2. The lowest BCUT2D eigenvalue weighted by Gasteiger charge is -2.07. The number of nitrogens with zero attached hydrogens (tertiary/aromatic N) is 3. The lowest BCUT2D eigenvalue weighted by atomic mass is 10.2. The van der Waals surface area contributed by atoms with Gasteiger partial charge in [-0.05, 0) is 46.6 Å². The summed E-state index contributed by atoms with van der Waals surface area (Å²) in [5, 5.41) is 0. The van der Waals surface area contributed by atoms with Gasteiger partial charge in [-0.25, -0.2) is 14.4 Å². The minimum Gasteiger partial charge on any atom is -0.322 e. The average molecular weight is 320 g/mol. The Morgan fingerprint density at radius 1 is 1.32 bits per heavy atom. The van der Waals surface area contributed by atoms with E-state index in [4.69, 9.17) is 0 Å². The number of aromatic nitrogens is 3. The van der Waals surface area contributed by atoms with Crippen LogP contribution in [0.1, 0.15) is 11.4 Å². The molecule has 0 radical (unpaired) electrons. The molecule has 0 fully saturated rings. The van der Waals surface area contributed by atoms with Crippen LogP contribution in [0.25, 0.3) is 11.2 Å². The van der Waals surface area contributed by atoms with Gasteiger partial charge in [-0.3, -0.25) is 0 Å². The molecule has 0 saturated carbocycles. The first-order chi connectivity index (χ1) is 9.13. The molecule has 96 valence electrons. The van der Waals surface area contributed by atoms with E-state index in [9.17, 15) is 4.39 Å². The molecule has 0 spiro atoms. The van der Waals surface area contributed by atoms with Crippen LogP contribution >= 0.6 is 15.9 Å². The van der Waals surface area contributed by atoms with Crippen LogP contribution in [0.3, 0.4) is 0 Å². The van der Waals surface area contributed by atoms with E-state index in [-0.39, 0.29) is 5.82 Å². The molecule has 2 aromatic heterocycles. The number of rotatable bonds is 2. The van der Waals surface area contributed by atoms with Crippen LogP contribution in [0.15, 0.2) is 41.0 Å². The van der Waals surface area contributed by atoms with Crippen LogP contribution in [-0.2, 0) is 6.54 Å². The van der Waals surface area contributed by atoms with Crippen molar-refractivity contribution in [2.24, 2.45) is 0 Å². The van der Waals surface area contributed by atoms with Crippen molar-refractivity contribution in [3.05, 3.63) is 58.2 Å². The molecule has 0 aliphatic heterocycles. The fourth-order valence-electron chi connectivity index (χ4n) is 2.11. The first-order valence-corrected chi connectivity index (χ1v) is 6.65. The fourth-order valence-corrected chi connectivity index (χ4v) is 2.43. The molecule has 0 aliphatic carbocycles. The quantitative estimate of drug-likeness (QED) is 0.721. The molecule has 3 rings (SSSR count). The average Bonchev–Trinajstić information content (AvgIpc) is 2.66. The highest BCUT2D eigenvalue weighted by molar-refractivity contribution is 9.10. The standard InChI is InChI=1S/C14H11BrFN3/c1-9-18-14-13(6-11(15)7-17-14)19(9)8-10-3-2-4-12(16)5-10/h2-7H,8H2,1H3. The number of hydrogen-bond donors (Lipinski definition) is 0. The Bertz CT molecular complexity index is 752. The van der Waals surface area contributed by atoms with Crippen molar-refractivity contribution < 1.29 is 4.39 Å². The molecule has 19 heavy (non-hydrogen) atoms. The van der Waals surface area contributed by atoms with Crippen LogP contribution in [0.4, 0.5) is 4.39 Å². The third kappa shape index (κ3) is 2.38. The van der Waals surface area contributed by atoms with Crippen LogP contribution in [0.5, 0.6) is 0 Å². The van der Waals surface area contributed by atoms with Gasteiger partial charge in [0.05, 0.1) is 5.52 Å². The second kappa shape index (κ2) is 4.74. The molecular weight excluding hydrogens is 309 g/mol. The van der Waals surface area contributed by atoms with Crippen LogP contribution < -0.4 is 0 Å². The summed E-state index contributed by atoms with van der Waals surface area (Å²) in [6, 6.07) is 8.58. The van der Waals surface area contributed by atoms with E-state index < -0.39 is 0 Å². The number of fused-ring (bicyclic) bond motifs is 1. The summed E-state index contributed by atoms with van der Waals surface area (Å²) in [6.45, 7) is 2.51. The highest BCUT2D eigenvalue weighted by atomic mass is 79.9. The Hall–Kier alpha value is -1.75. The monoisotopic (exact) mass is 319 g/mol. The van der Waals surface area contributed by atoms with Crippen molar-refractivity contribution in [2.45, 2.75) is 13.5 Å². The third-order valence-corrected chi connectivity index (χ3v) is 3.43. The predicted octanol–water partition coefficient (Wildman–Crippen LogP) is 3.69. The van der Waals surface area contributed by atoms with E-state index in [1.54, 1.807) is 12.3 Å². The zero-order chi connectivity index (χ0) is 13.4. The van der Waals surface area contributed by atoms with Crippen molar-refractivity contribution >= 4 is 27.1 Å². The minimum atomic E-state index is -0.223. The highest BCUT2D eigenvalue weighted by Crippen LogP contribution is 2.20. The van der Waals surface area contributed by atoms with Gasteiger partial charge in [-0.1, -0.05) is 12.1 Å². The summed E-state index contributed by atoms with van der Waals surface area (Å²) in [5.74, 6) is 0.642. The van der Waals surface area contributed by atoms with Crippen molar-refractivity contribution in [1.29, 1.82) is 0 Å². The van der Waals surface area contributed by atoms with Gasteiger partial charge in [-0.15, -0.1) is 0 Å². The molecular formula is C14H11BrFN3. The summed E-state index contributed by atoms with van der Waals surface area (Å²) in [6.07, 6.45) is 1.72. The van der Waals surface area contributed by atoms with Gasteiger partial charge in [0, 0.05) is 17.2 Å². The molecule has 1 aromatic carbocycles. The van der Waals surface area contributed by atoms with Crippen LogP contribution in [0.2, 0.25) is 0 Å². The van der Waals surface area contributed by atoms with E-state index in [2.05, 4.69) is 25.9 Å². The van der Waals surface area contributed by atoms with Gasteiger partial charge in [0.25, 0.3) is 0 Å². The van der Waals surface area contributed by atoms with E-state index in [0.717, 1.165) is 21.4 Å². The number of pyridine rings is 1. The molecule has 3 aromatic rings. The Labute approximate surface area is 118 Å². The van der Waals surface area contributed by atoms with Gasteiger partial charge in [0.1, 0.15) is 11.6 Å². The van der Waals surface area contributed by atoms with Crippen molar-refractivity contribution in [1.82, 2.24) is 14.5 Å². The molecule has 0 aliphatic rings. The molecule has 0 N–H and O–H groups in total. The summed E-state index contributed by atoms with van der Waals surface area (Å²) >= 11 is 3.41. The zero-order valence-corrected chi connectivity index (χ0v) is 11.9. The van der Waals surface area contributed by atoms with Gasteiger partial charge in [0.2, 0.25) is 0 Å². The highest BCUT2D eigenvalue weighted by Gasteiger charge is 2.09. The first kappa shape index (κ1) is 12.3. The lowest BCUT2D eigenvalue weighted by Crippen LogP contribution is -2.02. The largest absolute Gasteiger partial charge is 0.322 e. The van der Waals surface area contributed by atoms with Gasteiger partial charge in [-0.2, -0.15) is 0 Å². The predicted molar refractivity (Wildman–Crippen MR) is 75.5 cm³/mol. The molecule has 0 saturated heterocycles. The summed E-state index contributed by atoms with van der Waals surface area (Å²) in [5.41, 5.74) is 2.55. The van der Waals surface area contributed by atoms with Crippen molar-refractivity contribution in [3.8, 4) is 0 Å². The van der Waals surface area contributed by atoms with Gasteiger partial charge < -0.3 is 4.57 Å². The zero-order valence-electron chi connectivity index (χ0n) is 10.3. The van der Waals surface area contributed by atoms with Gasteiger partial charge >= 0.3 is 0 Å². The van der Waals surface area contributed by atoms with Crippen molar-refractivity contribution in [2.75, 3.05) is 0 Å². The first-order valence-electron chi connectivity index (χ1n) is 5.86. The van der Waals surface area contributed by atoms with E-state index in [1.165, 1.54) is 12.1 Å². The molecule has 5 heteroatoms. The minimum absolute atomic E-state index is 0.223. The molecule has 3 nitrogen and oxygen atoms in total. The number of imidazole rings is 1. The molecule has 0 bridgehead atoms. The molecule has 0 amide bonds. The molecule has 0 atom stereocenters. The number of halogens is 2. The van der Waals surface area contributed by atoms with E-state index in [1.807, 2.05) is 23.6 Å². The molecule has 0 unspecified atom stereocenters. The van der Waals surface area contributed by atoms with E-state index >= 15 is 0 Å². The number of benzene rings is 1. The second-order valence-electron chi connectivity index (χ2n) is 4.37. The maximum absolute atomic E-state index is 13.2. The van der Waals surface area contributed by atoms with Crippen LogP contribution in [-0.4, -0.2) is 14.5 Å². The SMILES string of the molecule is Cc1nc2ncc(Br)cc2n1Cc1cccc(F)c1. The maximum atomic E-state index is 13.2. The summed E-state index contributed by atoms with van der Waals surface area (Å²) in [7, 11) is 0. The Kier molecular flexibility index (Phi) is 3.06. The van der Waals surface area contributed by atoms with Gasteiger partial charge in [0.15, 0.2) is 5.65 Å². The fraction of sp³-hybridized carbons (Fsp3) is 0.143. The maximum Gasteiger partial charge on any atom is 0.177 e. The summed E-state index contributed by atoms with van der Waals surface area (Å²) in [4.78, 5) is 8.68. The topological polar surface area (TPSA) is 30.7 Å². The second-order valence-corrected chi connectivity index (χ2v) is 5.29. The Balaban J connectivity index is 2.09. The Morgan fingerprint density at radius 2 is 2.16 bits per heavy atom. The normalized spacial score (nSPS) is 11.1. The number of aryl methyl sites for hydroxylation is 1.